The highest BCUT2D eigenvalue weighted by Gasteiger charge is 2.36. The van der Waals surface area contributed by atoms with Crippen molar-refractivity contribution in [2.75, 3.05) is 5.75 Å². The molecule has 7 heteroatoms. The molecule has 1 aromatic heterocycles. The van der Waals surface area contributed by atoms with Crippen LogP contribution in [0.15, 0.2) is 28.6 Å². The average molecular weight is 278 g/mol. The molecule has 0 spiro atoms. The first-order valence-corrected chi connectivity index (χ1v) is 6.57. The van der Waals surface area contributed by atoms with Gasteiger partial charge >= 0.3 is 6.18 Å². The van der Waals surface area contributed by atoms with Gasteiger partial charge in [0.2, 0.25) is 0 Å². The predicted molar refractivity (Wildman–Crippen MR) is 64.4 cm³/mol. The van der Waals surface area contributed by atoms with Gasteiger partial charge in [0.15, 0.2) is 4.34 Å². The summed E-state index contributed by atoms with van der Waals surface area (Å²) in [5.74, 6) is -0.205. The Bertz CT molecular complexity index is 476. The number of hydrogen-bond acceptors (Lipinski definition) is 4. The summed E-state index contributed by atoms with van der Waals surface area (Å²) >= 11 is 2.42. The van der Waals surface area contributed by atoms with E-state index in [1.165, 1.54) is 11.3 Å². The first-order valence-electron chi connectivity index (χ1n) is 4.77. The van der Waals surface area contributed by atoms with Crippen LogP contribution < -0.4 is 5.73 Å². The number of rotatable bonds is 3. The average Bonchev–Trinajstić information content (AvgIpc) is 2.66. The Morgan fingerprint density at radius 3 is 2.71 bits per heavy atom. The second-order valence-corrected chi connectivity index (χ2v) is 5.70. The maximum Gasteiger partial charge on any atom is 0.404 e. The van der Waals surface area contributed by atoms with Crippen molar-refractivity contribution >= 4 is 33.3 Å². The van der Waals surface area contributed by atoms with Crippen LogP contribution in [0.5, 0.6) is 0 Å². The smallest absolute Gasteiger partial charge is 0.319 e. The molecule has 1 heterocycles. The highest BCUT2D eigenvalue weighted by molar-refractivity contribution is 8.01. The maximum atomic E-state index is 12.2. The molecule has 0 aliphatic carbocycles. The Balaban J connectivity index is 2.04. The van der Waals surface area contributed by atoms with Crippen LogP contribution in [-0.4, -0.2) is 23.0 Å². The lowest BCUT2D eigenvalue weighted by Gasteiger charge is -2.13. The standard InChI is InChI=1S/C10H9F3N2S2/c11-10(12,13)8(14)5-16-9-15-6-3-1-2-4-7(6)17-9/h1-4,8H,5,14H2/t8-/m1/s1. The molecule has 0 radical (unpaired) electrons. The van der Waals surface area contributed by atoms with E-state index in [0.717, 1.165) is 22.0 Å². The van der Waals surface area contributed by atoms with Crippen LogP contribution in [0.25, 0.3) is 10.2 Å². The lowest BCUT2D eigenvalue weighted by atomic mass is 10.3. The molecule has 92 valence electrons. The topological polar surface area (TPSA) is 38.9 Å². The molecule has 0 amide bonds. The number of thioether (sulfide) groups is 1. The van der Waals surface area contributed by atoms with Gasteiger partial charge in [-0.25, -0.2) is 4.98 Å². The normalized spacial score (nSPS) is 14.1. The van der Waals surface area contributed by atoms with Gasteiger partial charge in [-0.3, -0.25) is 0 Å². The van der Waals surface area contributed by atoms with Crippen LogP contribution in [0.1, 0.15) is 0 Å². The van der Waals surface area contributed by atoms with E-state index >= 15 is 0 Å². The van der Waals surface area contributed by atoms with Crippen molar-refractivity contribution in [1.29, 1.82) is 0 Å². The van der Waals surface area contributed by atoms with Crippen LogP contribution in [0.3, 0.4) is 0 Å². The van der Waals surface area contributed by atoms with Crippen molar-refractivity contribution in [3.8, 4) is 0 Å². The summed E-state index contributed by atoms with van der Waals surface area (Å²) in [6.45, 7) is 0. The van der Waals surface area contributed by atoms with E-state index in [9.17, 15) is 13.2 Å². The van der Waals surface area contributed by atoms with E-state index < -0.39 is 12.2 Å². The third kappa shape index (κ3) is 3.11. The highest BCUT2D eigenvalue weighted by Crippen LogP contribution is 2.31. The number of para-hydroxylation sites is 1. The van der Waals surface area contributed by atoms with E-state index in [4.69, 9.17) is 5.73 Å². The molecule has 2 nitrogen and oxygen atoms in total. The fourth-order valence-electron chi connectivity index (χ4n) is 1.17. The second kappa shape index (κ2) is 4.83. The molecule has 0 fully saturated rings. The van der Waals surface area contributed by atoms with Gasteiger partial charge in [-0.05, 0) is 12.1 Å². The molecule has 1 atom stereocenters. The lowest BCUT2D eigenvalue weighted by Crippen LogP contribution is -2.39. The van der Waals surface area contributed by atoms with E-state index in [1.807, 2.05) is 24.3 Å². The number of nitrogens with zero attached hydrogens (tertiary/aromatic N) is 1. The van der Waals surface area contributed by atoms with Gasteiger partial charge in [0.05, 0.1) is 10.2 Å². The molecule has 2 N–H and O–H groups in total. The van der Waals surface area contributed by atoms with Crippen molar-refractivity contribution in [2.45, 2.75) is 16.6 Å². The summed E-state index contributed by atoms with van der Waals surface area (Å²) in [5, 5.41) is 0. The molecule has 0 saturated carbocycles. The third-order valence-corrected chi connectivity index (χ3v) is 4.38. The quantitative estimate of drug-likeness (QED) is 0.876. The number of nitrogens with two attached hydrogens (primary N) is 1. The Morgan fingerprint density at radius 1 is 1.35 bits per heavy atom. The van der Waals surface area contributed by atoms with Crippen molar-refractivity contribution < 1.29 is 13.2 Å². The van der Waals surface area contributed by atoms with E-state index in [1.54, 1.807) is 0 Å². The number of halogens is 3. The van der Waals surface area contributed by atoms with Gasteiger partial charge < -0.3 is 5.73 Å². The molecule has 0 saturated heterocycles. The SMILES string of the molecule is N[C@H](CSc1nc2ccccc2s1)C(F)(F)F. The number of thiazole rings is 1. The van der Waals surface area contributed by atoms with Gasteiger partial charge in [0.1, 0.15) is 6.04 Å². The molecular weight excluding hydrogens is 269 g/mol. The summed E-state index contributed by atoms with van der Waals surface area (Å²) in [7, 11) is 0. The van der Waals surface area contributed by atoms with Crippen molar-refractivity contribution in [3.05, 3.63) is 24.3 Å². The van der Waals surface area contributed by atoms with E-state index in [0.29, 0.717) is 4.34 Å². The van der Waals surface area contributed by atoms with Crippen LogP contribution >= 0.6 is 23.1 Å². The Labute approximate surface area is 104 Å². The lowest BCUT2D eigenvalue weighted by molar-refractivity contribution is -0.142. The molecule has 17 heavy (non-hydrogen) atoms. The number of fused-ring (bicyclic) bond motifs is 1. The monoisotopic (exact) mass is 278 g/mol. The second-order valence-electron chi connectivity index (χ2n) is 3.41. The zero-order valence-corrected chi connectivity index (χ0v) is 10.2. The van der Waals surface area contributed by atoms with Crippen molar-refractivity contribution in [1.82, 2.24) is 4.98 Å². The summed E-state index contributed by atoms with van der Waals surface area (Å²) in [6, 6.07) is 5.63. The molecule has 2 aromatic rings. The minimum atomic E-state index is -4.34. The molecular formula is C10H9F3N2S2. The first kappa shape index (κ1) is 12.7. The summed E-state index contributed by atoms with van der Waals surface area (Å²) < 4.78 is 38.2. The van der Waals surface area contributed by atoms with Gasteiger partial charge in [-0.2, -0.15) is 13.2 Å². The number of aromatic nitrogens is 1. The molecule has 2 rings (SSSR count). The van der Waals surface area contributed by atoms with Crippen LogP contribution in [0.4, 0.5) is 13.2 Å². The fraction of sp³-hybridized carbons (Fsp3) is 0.300. The van der Waals surface area contributed by atoms with E-state index in [2.05, 4.69) is 4.98 Å². The van der Waals surface area contributed by atoms with Crippen LogP contribution in [0.2, 0.25) is 0 Å². The molecule has 0 bridgehead atoms. The first-order chi connectivity index (χ1) is 7.97. The largest absolute Gasteiger partial charge is 0.404 e. The molecule has 1 aromatic carbocycles. The summed E-state index contributed by atoms with van der Waals surface area (Å²) in [6.07, 6.45) is -4.34. The van der Waals surface area contributed by atoms with Crippen molar-refractivity contribution in [3.63, 3.8) is 0 Å². The van der Waals surface area contributed by atoms with Crippen molar-refractivity contribution in [2.24, 2.45) is 5.73 Å². The van der Waals surface area contributed by atoms with E-state index in [-0.39, 0.29) is 5.75 Å². The molecule has 0 aliphatic heterocycles. The van der Waals surface area contributed by atoms with Gasteiger partial charge in [0, 0.05) is 5.75 Å². The predicted octanol–water partition coefficient (Wildman–Crippen LogP) is 3.28. The third-order valence-electron chi connectivity index (χ3n) is 2.08. The fourth-order valence-corrected chi connectivity index (χ4v) is 3.25. The zero-order valence-electron chi connectivity index (χ0n) is 8.57. The van der Waals surface area contributed by atoms with Gasteiger partial charge in [-0.1, -0.05) is 23.9 Å². The number of hydrogen-bond donors (Lipinski definition) is 1. The summed E-state index contributed by atoms with van der Waals surface area (Å²) in [4.78, 5) is 4.23. The van der Waals surface area contributed by atoms with Crippen LogP contribution in [-0.2, 0) is 0 Å². The molecule has 0 aliphatic rings. The Morgan fingerprint density at radius 2 is 2.06 bits per heavy atom. The molecule has 0 unspecified atom stereocenters. The summed E-state index contributed by atoms with van der Waals surface area (Å²) in [5.41, 5.74) is 5.83. The number of alkyl halides is 3. The number of benzene rings is 1. The van der Waals surface area contributed by atoms with Gasteiger partial charge in [-0.15, -0.1) is 11.3 Å². The Hall–Kier alpha value is -0.790. The highest BCUT2D eigenvalue weighted by atomic mass is 32.2. The maximum absolute atomic E-state index is 12.2. The zero-order chi connectivity index (χ0) is 12.5. The minimum Gasteiger partial charge on any atom is -0.319 e. The Kier molecular flexibility index (Phi) is 3.60. The minimum absolute atomic E-state index is 0.205. The van der Waals surface area contributed by atoms with Crippen LogP contribution in [0, 0.1) is 0 Å². The van der Waals surface area contributed by atoms with Gasteiger partial charge in [0.25, 0.3) is 0 Å².